The molecule has 3 rings (SSSR count). The van der Waals surface area contributed by atoms with E-state index in [9.17, 15) is 9.59 Å². The van der Waals surface area contributed by atoms with Gasteiger partial charge in [0.05, 0.1) is 19.7 Å². The number of morpholine rings is 1. The lowest BCUT2D eigenvalue weighted by atomic mass is 9.89. The zero-order valence-corrected chi connectivity index (χ0v) is 14.5. The molecule has 1 spiro atoms. The Hall–Kier alpha value is -1.14. The van der Waals surface area contributed by atoms with E-state index >= 15 is 0 Å². The van der Waals surface area contributed by atoms with Gasteiger partial charge in [-0.05, 0) is 19.9 Å². The number of hydrogen-bond donors (Lipinski definition) is 1. The van der Waals surface area contributed by atoms with Crippen LogP contribution in [-0.4, -0.2) is 72.6 Å². The first-order valence-corrected chi connectivity index (χ1v) is 8.83. The zero-order valence-electron chi connectivity index (χ0n) is 14.5. The van der Waals surface area contributed by atoms with E-state index in [-0.39, 0.29) is 29.4 Å². The predicted molar refractivity (Wildman–Crippen MR) is 86.9 cm³/mol. The molecule has 2 heterocycles. The van der Waals surface area contributed by atoms with E-state index in [1.807, 2.05) is 25.8 Å². The first-order chi connectivity index (χ1) is 10.9. The van der Waals surface area contributed by atoms with Gasteiger partial charge >= 0.3 is 0 Å². The van der Waals surface area contributed by atoms with E-state index in [2.05, 4.69) is 10.2 Å². The lowest BCUT2D eigenvalue weighted by Crippen LogP contribution is -2.73. The van der Waals surface area contributed by atoms with Crippen molar-refractivity contribution >= 4 is 11.8 Å². The van der Waals surface area contributed by atoms with E-state index in [1.54, 1.807) is 0 Å². The number of amides is 2. The second-order valence-electron chi connectivity index (χ2n) is 7.76. The second-order valence-corrected chi connectivity index (χ2v) is 7.76. The molecule has 1 N–H and O–H groups in total. The Balaban J connectivity index is 1.50. The molecule has 23 heavy (non-hydrogen) atoms. The summed E-state index contributed by atoms with van der Waals surface area (Å²) in [6.07, 6.45) is 4.62. The Morgan fingerprint density at radius 1 is 1.17 bits per heavy atom. The van der Waals surface area contributed by atoms with Crippen LogP contribution in [0.25, 0.3) is 0 Å². The van der Waals surface area contributed by atoms with Gasteiger partial charge in [0, 0.05) is 18.5 Å². The maximum Gasteiger partial charge on any atom is 0.239 e. The van der Waals surface area contributed by atoms with E-state index in [4.69, 9.17) is 4.74 Å². The summed E-state index contributed by atoms with van der Waals surface area (Å²) in [5, 5.41) is 3.16. The Morgan fingerprint density at radius 3 is 2.39 bits per heavy atom. The first kappa shape index (κ1) is 16.7. The van der Waals surface area contributed by atoms with Crippen LogP contribution in [0.2, 0.25) is 0 Å². The fourth-order valence-corrected chi connectivity index (χ4v) is 4.00. The molecule has 1 atom stereocenters. The topological polar surface area (TPSA) is 61.9 Å². The van der Waals surface area contributed by atoms with Gasteiger partial charge in [-0.2, -0.15) is 0 Å². The molecule has 0 aromatic rings. The van der Waals surface area contributed by atoms with Gasteiger partial charge in [-0.25, -0.2) is 0 Å². The molecule has 0 aromatic carbocycles. The van der Waals surface area contributed by atoms with E-state index < -0.39 is 0 Å². The SMILES string of the molecule is CC(C)C(=O)N1CC2(C1)CN(C)[C@H](C(=O)NC1CCCC1)CO2. The highest BCUT2D eigenvalue weighted by molar-refractivity contribution is 5.82. The summed E-state index contributed by atoms with van der Waals surface area (Å²) < 4.78 is 6.03. The highest BCUT2D eigenvalue weighted by Gasteiger charge is 2.51. The Morgan fingerprint density at radius 2 is 1.83 bits per heavy atom. The third-order valence-electron chi connectivity index (χ3n) is 5.38. The van der Waals surface area contributed by atoms with Crippen molar-refractivity contribution in [1.82, 2.24) is 15.1 Å². The monoisotopic (exact) mass is 323 g/mol. The Kier molecular flexibility index (Phi) is 4.65. The van der Waals surface area contributed by atoms with E-state index in [0.717, 1.165) is 12.8 Å². The standard InChI is InChI=1S/C17H29N3O3/c1-12(2)16(22)20-10-17(11-20)9-19(3)14(8-23-17)15(21)18-13-6-4-5-7-13/h12-14H,4-11H2,1-3H3,(H,18,21)/t14-/m0/s1. The Bertz CT molecular complexity index is 468. The minimum Gasteiger partial charge on any atom is -0.368 e. The van der Waals surface area contributed by atoms with Crippen LogP contribution in [0, 0.1) is 5.92 Å². The zero-order chi connectivity index (χ0) is 16.6. The number of carbonyl (C=O) groups is 2. The van der Waals surface area contributed by atoms with Gasteiger partial charge in [-0.15, -0.1) is 0 Å². The van der Waals surface area contributed by atoms with Gasteiger partial charge in [0.1, 0.15) is 11.6 Å². The molecule has 3 aliphatic rings. The summed E-state index contributed by atoms with van der Waals surface area (Å²) in [6.45, 7) is 6.25. The molecule has 1 aliphatic carbocycles. The van der Waals surface area contributed by atoms with Gasteiger partial charge in [-0.3, -0.25) is 14.5 Å². The van der Waals surface area contributed by atoms with Crippen LogP contribution in [0.5, 0.6) is 0 Å². The molecule has 6 nitrogen and oxygen atoms in total. The van der Waals surface area contributed by atoms with E-state index in [0.29, 0.717) is 32.3 Å². The summed E-state index contributed by atoms with van der Waals surface area (Å²) in [5.74, 6) is 0.297. The molecule has 0 unspecified atom stereocenters. The number of ether oxygens (including phenoxy) is 1. The van der Waals surface area contributed by atoms with E-state index in [1.165, 1.54) is 12.8 Å². The lowest BCUT2D eigenvalue weighted by Gasteiger charge is -2.55. The average Bonchev–Trinajstić information content (AvgIpc) is 2.96. The first-order valence-electron chi connectivity index (χ1n) is 8.83. The molecule has 0 aromatic heterocycles. The molecule has 2 saturated heterocycles. The highest BCUT2D eigenvalue weighted by Crippen LogP contribution is 2.31. The van der Waals surface area contributed by atoms with Crippen LogP contribution in [0.1, 0.15) is 39.5 Å². The van der Waals surface area contributed by atoms with Crippen molar-refractivity contribution in [3.8, 4) is 0 Å². The molecule has 2 aliphatic heterocycles. The summed E-state index contributed by atoms with van der Waals surface area (Å²) in [6, 6.07) is 0.130. The van der Waals surface area contributed by atoms with Gasteiger partial charge < -0.3 is 15.0 Å². The van der Waals surface area contributed by atoms with Crippen LogP contribution >= 0.6 is 0 Å². The fourth-order valence-electron chi connectivity index (χ4n) is 4.00. The number of likely N-dealkylation sites (N-methyl/N-ethyl adjacent to an activating group) is 1. The maximum absolute atomic E-state index is 12.4. The normalized spacial score (nSPS) is 28.2. The van der Waals surface area contributed by atoms with Gasteiger partial charge in [0.25, 0.3) is 0 Å². The van der Waals surface area contributed by atoms with Gasteiger partial charge in [0.15, 0.2) is 0 Å². The average molecular weight is 323 g/mol. The molecule has 3 fully saturated rings. The molecule has 0 radical (unpaired) electrons. The van der Waals surface area contributed by atoms with Crippen molar-refractivity contribution in [3.05, 3.63) is 0 Å². The lowest BCUT2D eigenvalue weighted by molar-refractivity contribution is -0.202. The molecule has 6 heteroatoms. The number of nitrogens with one attached hydrogen (secondary N) is 1. The van der Waals surface area contributed by atoms with Crippen LogP contribution in [-0.2, 0) is 14.3 Å². The third-order valence-corrected chi connectivity index (χ3v) is 5.38. The molecular formula is C17H29N3O3. The quantitative estimate of drug-likeness (QED) is 0.827. The third kappa shape index (κ3) is 3.38. The molecule has 130 valence electrons. The van der Waals surface area contributed by atoms with Crippen molar-refractivity contribution in [3.63, 3.8) is 0 Å². The summed E-state index contributed by atoms with van der Waals surface area (Å²) in [7, 11) is 1.98. The minimum absolute atomic E-state index is 0.0265. The van der Waals surface area contributed by atoms with Crippen molar-refractivity contribution in [2.45, 2.75) is 57.2 Å². The van der Waals surface area contributed by atoms with Crippen LogP contribution in [0.15, 0.2) is 0 Å². The number of likely N-dealkylation sites (tertiary alicyclic amines) is 1. The highest BCUT2D eigenvalue weighted by atomic mass is 16.5. The fraction of sp³-hybridized carbons (Fsp3) is 0.882. The number of nitrogens with zero attached hydrogens (tertiary/aromatic N) is 2. The molecular weight excluding hydrogens is 294 g/mol. The van der Waals surface area contributed by atoms with Crippen molar-refractivity contribution in [2.24, 2.45) is 5.92 Å². The van der Waals surface area contributed by atoms with Crippen molar-refractivity contribution in [1.29, 1.82) is 0 Å². The van der Waals surface area contributed by atoms with Crippen molar-refractivity contribution in [2.75, 3.05) is 33.3 Å². The molecule has 2 amide bonds. The summed E-state index contributed by atoms with van der Waals surface area (Å²) in [4.78, 5) is 28.4. The smallest absolute Gasteiger partial charge is 0.239 e. The molecule has 0 bridgehead atoms. The van der Waals surface area contributed by atoms with Crippen LogP contribution < -0.4 is 5.32 Å². The van der Waals surface area contributed by atoms with Crippen LogP contribution in [0.4, 0.5) is 0 Å². The number of rotatable bonds is 3. The predicted octanol–water partition coefficient (Wildman–Crippen LogP) is 0.613. The molecule has 1 saturated carbocycles. The number of hydrogen-bond acceptors (Lipinski definition) is 4. The number of carbonyl (C=O) groups excluding carboxylic acids is 2. The summed E-state index contributed by atoms with van der Waals surface area (Å²) >= 11 is 0. The Labute approximate surface area is 138 Å². The maximum atomic E-state index is 12.4. The second kappa shape index (κ2) is 6.40. The summed E-state index contributed by atoms with van der Waals surface area (Å²) in [5.41, 5.74) is -0.274. The van der Waals surface area contributed by atoms with Crippen molar-refractivity contribution < 1.29 is 14.3 Å². The van der Waals surface area contributed by atoms with Gasteiger partial charge in [-0.1, -0.05) is 26.7 Å². The largest absolute Gasteiger partial charge is 0.368 e. The van der Waals surface area contributed by atoms with Crippen LogP contribution in [0.3, 0.4) is 0 Å². The minimum atomic E-state index is -0.274. The van der Waals surface area contributed by atoms with Gasteiger partial charge in [0.2, 0.25) is 11.8 Å².